The van der Waals surface area contributed by atoms with E-state index < -0.39 is 5.41 Å². The topological polar surface area (TPSA) is 37.3 Å². The molecule has 0 unspecified atom stereocenters. The molecule has 0 aromatic rings. The zero-order chi connectivity index (χ0) is 7.49. The average molecular weight is 130 g/mol. The maximum absolute atomic E-state index is 10.9. The van der Waals surface area contributed by atoms with Crippen LogP contribution >= 0.6 is 0 Å². The maximum atomic E-state index is 10.9. The Morgan fingerprint density at radius 1 is 1.56 bits per heavy atom. The first-order valence-corrected chi connectivity index (χ1v) is 3.18. The molecule has 0 aliphatic rings. The minimum Gasteiger partial charge on any atom is -0.395 e. The number of carbonyl (C=O) groups excluding carboxylic acids is 1. The van der Waals surface area contributed by atoms with Crippen LogP contribution in [-0.2, 0) is 4.79 Å². The first-order chi connectivity index (χ1) is 4.04. The van der Waals surface area contributed by atoms with Crippen molar-refractivity contribution in [3.05, 3.63) is 0 Å². The summed E-state index contributed by atoms with van der Waals surface area (Å²) in [4.78, 5) is 10.9. The highest BCUT2D eigenvalue weighted by Crippen LogP contribution is 2.16. The van der Waals surface area contributed by atoms with Crippen LogP contribution in [0.15, 0.2) is 0 Å². The van der Waals surface area contributed by atoms with Crippen LogP contribution in [0.4, 0.5) is 0 Å². The summed E-state index contributed by atoms with van der Waals surface area (Å²) in [7, 11) is 0. The van der Waals surface area contributed by atoms with E-state index in [1.165, 1.54) is 0 Å². The molecule has 0 spiro atoms. The van der Waals surface area contributed by atoms with Crippen molar-refractivity contribution in [3.8, 4) is 0 Å². The number of Topliss-reactive ketones (excluding diaryl/α,β-unsaturated/α-hetero) is 1. The number of rotatable bonds is 3. The first kappa shape index (κ1) is 8.63. The molecule has 0 radical (unpaired) electrons. The van der Waals surface area contributed by atoms with Gasteiger partial charge in [-0.1, -0.05) is 20.8 Å². The van der Waals surface area contributed by atoms with Crippen LogP contribution in [0.1, 0.15) is 27.2 Å². The molecule has 0 amide bonds. The minimum atomic E-state index is -0.533. The molecule has 0 aliphatic heterocycles. The normalized spacial score (nSPS) is 11.6. The molecule has 9 heavy (non-hydrogen) atoms. The Kier molecular flexibility index (Phi) is 2.85. The molecule has 0 fully saturated rings. The van der Waals surface area contributed by atoms with Gasteiger partial charge in [-0.05, 0) is 0 Å². The van der Waals surface area contributed by atoms with Gasteiger partial charge in [0, 0.05) is 11.8 Å². The molecule has 0 aromatic carbocycles. The highest BCUT2D eigenvalue weighted by atomic mass is 16.3. The van der Waals surface area contributed by atoms with Gasteiger partial charge in [-0.3, -0.25) is 4.79 Å². The van der Waals surface area contributed by atoms with Crippen LogP contribution in [0, 0.1) is 5.41 Å². The van der Waals surface area contributed by atoms with Gasteiger partial charge >= 0.3 is 0 Å². The second kappa shape index (κ2) is 2.97. The molecule has 1 N–H and O–H groups in total. The van der Waals surface area contributed by atoms with Gasteiger partial charge in [0.25, 0.3) is 0 Å². The molecule has 0 atom stereocenters. The van der Waals surface area contributed by atoms with Gasteiger partial charge in [0.1, 0.15) is 5.78 Å². The minimum absolute atomic E-state index is 0.0559. The fourth-order valence-electron chi connectivity index (χ4n) is 0.567. The Morgan fingerprint density at radius 3 is 2.11 bits per heavy atom. The van der Waals surface area contributed by atoms with E-state index in [1.807, 2.05) is 0 Å². The van der Waals surface area contributed by atoms with Crippen molar-refractivity contribution in [1.82, 2.24) is 0 Å². The molecule has 0 aliphatic carbocycles. The number of aliphatic hydroxyl groups is 1. The van der Waals surface area contributed by atoms with E-state index >= 15 is 0 Å². The second-order valence-electron chi connectivity index (χ2n) is 2.82. The molecule has 2 heteroatoms. The molecule has 0 saturated carbocycles. The van der Waals surface area contributed by atoms with Crippen LogP contribution < -0.4 is 0 Å². The van der Waals surface area contributed by atoms with Crippen LogP contribution in [0.2, 0.25) is 0 Å². The van der Waals surface area contributed by atoms with Gasteiger partial charge < -0.3 is 5.11 Å². The van der Waals surface area contributed by atoms with Crippen molar-refractivity contribution < 1.29 is 9.90 Å². The number of carbonyl (C=O) groups is 1. The summed E-state index contributed by atoms with van der Waals surface area (Å²) >= 11 is 0. The van der Waals surface area contributed by atoms with E-state index in [0.29, 0.717) is 6.42 Å². The summed E-state index contributed by atoms with van der Waals surface area (Å²) in [6, 6.07) is 0. The third kappa shape index (κ3) is 2.14. The largest absolute Gasteiger partial charge is 0.395 e. The van der Waals surface area contributed by atoms with Crippen molar-refractivity contribution in [2.45, 2.75) is 27.2 Å². The lowest BCUT2D eigenvalue weighted by Crippen LogP contribution is -2.27. The number of aliphatic hydroxyl groups excluding tert-OH is 1. The predicted octanol–water partition coefficient (Wildman–Crippen LogP) is 0.984. The van der Waals surface area contributed by atoms with E-state index in [1.54, 1.807) is 20.8 Å². The summed E-state index contributed by atoms with van der Waals surface area (Å²) < 4.78 is 0. The molecule has 2 nitrogen and oxygen atoms in total. The highest BCUT2D eigenvalue weighted by Gasteiger charge is 2.23. The number of hydrogen-bond donors (Lipinski definition) is 1. The lowest BCUT2D eigenvalue weighted by molar-refractivity contribution is -0.128. The van der Waals surface area contributed by atoms with Gasteiger partial charge in [0.2, 0.25) is 0 Å². The van der Waals surface area contributed by atoms with Crippen molar-refractivity contribution >= 4 is 5.78 Å². The van der Waals surface area contributed by atoms with E-state index in [4.69, 9.17) is 5.11 Å². The van der Waals surface area contributed by atoms with Gasteiger partial charge in [-0.2, -0.15) is 0 Å². The monoisotopic (exact) mass is 130 g/mol. The second-order valence-corrected chi connectivity index (χ2v) is 2.82. The smallest absolute Gasteiger partial charge is 0.140 e. The van der Waals surface area contributed by atoms with Gasteiger partial charge in [0.15, 0.2) is 0 Å². The summed E-state index contributed by atoms with van der Waals surface area (Å²) in [6.07, 6.45) is 0.507. The quantitative estimate of drug-likeness (QED) is 0.618. The summed E-state index contributed by atoms with van der Waals surface area (Å²) in [6.45, 7) is 5.25. The van der Waals surface area contributed by atoms with E-state index in [2.05, 4.69) is 0 Å². The third-order valence-electron chi connectivity index (χ3n) is 1.47. The van der Waals surface area contributed by atoms with Crippen LogP contribution in [0.25, 0.3) is 0 Å². The standard InChI is InChI=1S/C7H14O2/c1-4-6(9)7(2,3)5-8/h8H,4-5H2,1-3H3. The molecule has 0 rings (SSSR count). The Morgan fingerprint density at radius 2 is 2.00 bits per heavy atom. The molecule has 0 aromatic heterocycles. The molecule has 0 bridgehead atoms. The summed E-state index contributed by atoms with van der Waals surface area (Å²) in [5, 5.41) is 8.67. The Balaban J connectivity index is 3.97. The van der Waals surface area contributed by atoms with Crippen molar-refractivity contribution in [2.75, 3.05) is 6.61 Å². The lowest BCUT2D eigenvalue weighted by atomic mass is 9.88. The van der Waals surface area contributed by atoms with E-state index in [0.717, 1.165) is 0 Å². The molecule has 54 valence electrons. The first-order valence-electron chi connectivity index (χ1n) is 3.18. The van der Waals surface area contributed by atoms with Crippen molar-refractivity contribution in [1.29, 1.82) is 0 Å². The number of ketones is 1. The number of hydrogen-bond acceptors (Lipinski definition) is 2. The highest BCUT2D eigenvalue weighted by molar-refractivity contribution is 5.83. The summed E-state index contributed by atoms with van der Waals surface area (Å²) in [5.41, 5.74) is -0.533. The van der Waals surface area contributed by atoms with Crippen LogP contribution in [-0.4, -0.2) is 17.5 Å². The molecule has 0 saturated heterocycles. The zero-order valence-electron chi connectivity index (χ0n) is 6.27. The molecular weight excluding hydrogens is 116 g/mol. The fraction of sp³-hybridized carbons (Fsp3) is 0.857. The Hall–Kier alpha value is -0.370. The molecular formula is C7H14O2. The Labute approximate surface area is 55.9 Å². The lowest BCUT2D eigenvalue weighted by Gasteiger charge is -2.17. The predicted molar refractivity (Wildman–Crippen MR) is 36.2 cm³/mol. The van der Waals surface area contributed by atoms with E-state index in [9.17, 15) is 4.79 Å². The van der Waals surface area contributed by atoms with Crippen molar-refractivity contribution in [3.63, 3.8) is 0 Å². The van der Waals surface area contributed by atoms with E-state index in [-0.39, 0.29) is 12.4 Å². The maximum Gasteiger partial charge on any atom is 0.140 e. The average Bonchev–Trinajstić information content (AvgIpc) is 1.86. The molecule has 0 heterocycles. The SMILES string of the molecule is CCC(=O)C(C)(C)CO. The fourth-order valence-corrected chi connectivity index (χ4v) is 0.567. The summed E-state index contributed by atoms with van der Waals surface area (Å²) in [5.74, 6) is 0.116. The third-order valence-corrected chi connectivity index (χ3v) is 1.47. The van der Waals surface area contributed by atoms with Gasteiger partial charge in [0.05, 0.1) is 6.61 Å². The van der Waals surface area contributed by atoms with Crippen LogP contribution in [0.5, 0.6) is 0 Å². The van der Waals surface area contributed by atoms with Crippen LogP contribution in [0.3, 0.4) is 0 Å². The Bertz CT molecular complexity index is 105. The van der Waals surface area contributed by atoms with Gasteiger partial charge in [-0.15, -0.1) is 0 Å². The zero-order valence-corrected chi connectivity index (χ0v) is 6.27. The van der Waals surface area contributed by atoms with Gasteiger partial charge in [-0.25, -0.2) is 0 Å². The van der Waals surface area contributed by atoms with Crippen molar-refractivity contribution in [2.24, 2.45) is 5.41 Å².